The highest BCUT2D eigenvalue weighted by atomic mass is 79.9. The molecule has 2 atom stereocenters. The summed E-state index contributed by atoms with van der Waals surface area (Å²) in [5, 5.41) is 0. The van der Waals surface area contributed by atoms with Crippen molar-refractivity contribution >= 4 is 55.0 Å². The van der Waals surface area contributed by atoms with Crippen LogP contribution in [0.15, 0.2) is 72.8 Å². The zero-order chi connectivity index (χ0) is 37.0. The van der Waals surface area contributed by atoms with Gasteiger partial charge in [-0.1, -0.05) is 105 Å². The number of unbranched alkanes of at least 4 members (excludes halogenated alkanes) is 3. The first kappa shape index (κ1) is 37.1. The number of rotatable bonds is 13. The summed E-state index contributed by atoms with van der Waals surface area (Å²) in [7, 11) is 0. The number of amides is 2. The fraction of sp³-hybridized carbons (Fsp3) is 0.429. The van der Waals surface area contributed by atoms with Crippen LogP contribution < -0.4 is 9.80 Å². The molecule has 6 heterocycles. The number of halogens is 2. The number of aromatic nitrogens is 2. The molecule has 0 aliphatic carbocycles. The van der Waals surface area contributed by atoms with Crippen molar-refractivity contribution in [1.29, 1.82) is 0 Å². The van der Waals surface area contributed by atoms with Crippen molar-refractivity contribution in [2.75, 3.05) is 75.5 Å². The standard InChI is InChI=1S/C42H46Br2N6O4/c43-39-37-31(27-35(47-17-21-53-22-18-47)33(45-37)25-29-11-5-3-6-12-29)41(51)49(39)15-9-1-2-10-16-50-40(44)38-32(42(50)52)28-36(48-19-23-54-24-20-48)34(46-38)26-30-13-7-4-8-14-30/h3-8,11-14,27-28,39-40H,1-2,9-10,15-26H2. The summed E-state index contributed by atoms with van der Waals surface area (Å²) in [6.07, 6.45) is 5.05. The topological polar surface area (TPSA) is 91.3 Å². The van der Waals surface area contributed by atoms with E-state index in [0.717, 1.165) is 86.0 Å². The summed E-state index contributed by atoms with van der Waals surface area (Å²) in [6, 6.07) is 24.9. The van der Waals surface area contributed by atoms with Crippen molar-refractivity contribution in [3.63, 3.8) is 0 Å². The van der Waals surface area contributed by atoms with E-state index in [0.29, 0.717) is 63.5 Å². The summed E-state index contributed by atoms with van der Waals surface area (Å²) < 4.78 is 11.3. The van der Waals surface area contributed by atoms with E-state index in [4.69, 9.17) is 19.4 Å². The highest BCUT2D eigenvalue weighted by molar-refractivity contribution is 9.09. The molecule has 0 spiro atoms. The lowest BCUT2D eigenvalue weighted by atomic mass is 10.0. The minimum atomic E-state index is -0.259. The van der Waals surface area contributed by atoms with Crippen LogP contribution in [0.1, 0.15) is 90.2 Å². The van der Waals surface area contributed by atoms with Crippen LogP contribution in [0.5, 0.6) is 0 Å². The summed E-state index contributed by atoms with van der Waals surface area (Å²) >= 11 is 7.67. The molecule has 0 saturated carbocycles. The van der Waals surface area contributed by atoms with Crippen molar-refractivity contribution < 1.29 is 19.1 Å². The zero-order valence-corrected chi connectivity index (χ0v) is 33.6. The first-order chi connectivity index (χ1) is 26.5. The summed E-state index contributed by atoms with van der Waals surface area (Å²) in [6.45, 7) is 7.07. The molecular formula is C42H46Br2N6O4. The van der Waals surface area contributed by atoms with E-state index < -0.39 is 0 Å². The van der Waals surface area contributed by atoms with Crippen molar-refractivity contribution in [2.45, 2.75) is 48.4 Å². The minimum absolute atomic E-state index is 0.0262. The number of anilines is 2. The van der Waals surface area contributed by atoms with Gasteiger partial charge < -0.3 is 29.1 Å². The highest BCUT2D eigenvalue weighted by Crippen LogP contribution is 2.42. The van der Waals surface area contributed by atoms with Gasteiger partial charge in [-0.25, -0.2) is 0 Å². The molecule has 2 amide bonds. The number of ether oxygens (including phenoxy) is 2. The Balaban J connectivity index is 0.883. The largest absolute Gasteiger partial charge is 0.378 e. The quantitative estimate of drug-likeness (QED) is 0.0788. The molecule has 0 bridgehead atoms. The van der Waals surface area contributed by atoms with Gasteiger partial charge >= 0.3 is 0 Å². The van der Waals surface area contributed by atoms with Crippen molar-refractivity contribution in [1.82, 2.24) is 19.8 Å². The smallest absolute Gasteiger partial charge is 0.257 e. The SMILES string of the molecule is O=C1c2cc(N3CCOCC3)c(Cc3ccccc3)nc2C(Br)N1CCCCCCN1C(=O)c2cc(N3CCOCC3)c(Cc3ccccc3)nc2C1Br. The fourth-order valence-electron chi connectivity index (χ4n) is 7.97. The van der Waals surface area contributed by atoms with Crippen molar-refractivity contribution in [3.8, 4) is 0 Å². The normalized spacial score (nSPS) is 19.8. The Hall–Kier alpha value is -3.84. The Kier molecular flexibility index (Phi) is 11.6. The summed E-state index contributed by atoms with van der Waals surface area (Å²) in [5.41, 5.74) is 9.39. The number of carbonyl (C=O) groups excluding carboxylic acids is 2. The van der Waals surface area contributed by atoms with Gasteiger partial charge in [-0.2, -0.15) is 0 Å². The van der Waals surface area contributed by atoms with Crippen LogP contribution in [-0.4, -0.2) is 97.3 Å². The van der Waals surface area contributed by atoms with E-state index in [9.17, 15) is 9.59 Å². The molecule has 2 unspecified atom stereocenters. The average Bonchev–Trinajstić information content (AvgIpc) is 3.58. The van der Waals surface area contributed by atoms with E-state index in [-0.39, 0.29) is 21.7 Å². The number of hydrogen-bond acceptors (Lipinski definition) is 8. The molecule has 10 nitrogen and oxygen atoms in total. The van der Waals surface area contributed by atoms with Gasteiger partial charge in [-0.15, -0.1) is 0 Å². The van der Waals surface area contributed by atoms with Crippen molar-refractivity contribution in [3.05, 3.63) is 118 Å². The van der Waals surface area contributed by atoms with E-state index in [2.05, 4.69) is 102 Å². The molecule has 4 aromatic rings. The molecule has 54 heavy (non-hydrogen) atoms. The van der Waals surface area contributed by atoms with E-state index >= 15 is 0 Å². The molecule has 2 saturated heterocycles. The van der Waals surface area contributed by atoms with E-state index in [1.807, 2.05) is 21.9 Å². The van der Waals surface area contributed by atoms with Gasteiger partial charge in [0.15, 0.2) is 0 Å². The predicted octanol–water partition coefficient (Wildman–Crippen LogP) is 7.29. The van der Waals surface area contributed by atoms with Crippen LogP contribution >= 0.6 is 31.9 Å². The lowest BCUT2D eigenvalue weighted by Crippen LogP contribution is -2.37. The number of alkyl halides is 2. The van der Waals surface area contributed by atoms with Gasteiger partial charge in [-0.3, -0.25) is 19.6 Å². The number of carbonyl (C=O) groups is 2. The third-order valence-corrected chi connectivity index (χ3v) is 12.7. The van der Waals surface area contributed by atoms with E-state index in [1.54, 1.807) is 0 Å². The third kappa shape index (κ3) is 7.80. The molecule has 8 rings (SSSR count). The van der Waals surface area contributed by atoms with Crippen LogP contribution in [-0.2, 0) is 22.3 Å². The van der Waals surface area contributed by atoms with Crippen LogP contribution in [0.2, 0.25) is 0 Å². The van der Waals surface area contributed by atoms with Gasteiger partial charge in [-0.05, 0) is 36.1 Å². The molecule has 2 aromatic heterocycles. The Morgan fingerprint density at radius 1 is 0.574 bits per heavy atom. The zero-order valence-electron chi connectivity index (χ0n) is 30.5. The number of benzene rings is 2. The second kappa shape index (κ2) is 16.9. The Bertz CT molecular complexity index is 1810. The molecule has 4 aliphatic heterocycles. The number of pyridine rings is 2. The van der Waals surface area contributed by atoms with Crippen LogP contribution in [0.3, 0.4) is 0 Å². The average molecular weight is 859 g/mol. The highest BCUT2D eigenvalue weighted by Gasteiger charge is 2.39. The van der Waals surface area contributed by atoms with Crippen LogP contribution in [0, 0.1) is 0 Å². The monoisotopic (exact) mass is 856 g/mol. The second-order valence-electron chi connectivity index (χ2n) is 14.4. The molecule has 0 N–H and O–H groups in total. The van der Waals surface area contributed by atoms with E-state index in [1.165, 1.54) is 11.1 Å². The minimum Gasteiger partial charge on any atom is -0.378 e. The maximum absolute atomic E-state index is 13.8. The van der Waals surface area contributed by atoms with Gasteiger partial charge in [0, 0.05) is 52.1 Å². The van der Waals surface area contributed by atoms with Crippen LogP contribution in [0.4, 0.5) is 11.4 Å². The first-order valence-corrected chi connectivity index (χ1v) is 21.0. The van der Waals surface area contributed by atoms with Gasteiger partial charge in [0.1, 0.15) is 9.90 Å². The Morgan fingerprint density at radius 3 is 1.35 bits per heavy atom. The lowest BCUT2D eigenvalue weighted by Gasteiger charge is -2.30. The van der Waals surface area contributed by atoms with Gasteiger partial charge in [0.05, 0.1) is 71.7 Å². The molecule has 282 valence electrons. The maximum atomic E-state index is 13.8. The molecular weight excluding hydrogens is 812 g/mol. The molecule has 2 fully saturated rings. The molecule has 12 heteroatoms. The second-order valence-corrected chi connectivity index (χ2v) is 16.1. The van der Waals surface area contributed by atoms with Gasteiger partial charge in [0.25, 0.3) is 11.8 Å². The van der Waals surface area contributed by atoms with Crippen molar-refractivity contribution in [2.24, 2.45) is 0 Å². The summed E-state index contributed by atoms with van der Waals surface area (Å²) in [4.78, 5) is 45.8. The molecule has 2 aromatic carbocycles. The number of hydrogen-bond donors (Lipinski definition) is 0. The summed E-state index contributed by atoms with van der Waals surface area (Å²) in [5.74, 6) is 0.0524. The molecule has 4 aliphatic rings. The number of fused-ring (bicyclic) bond motifs is 2. The third-order valence-electron chi connectivity index (χ3n) is 10.9. The predicted molar refractivity (Wildman–Crippen MR) is 217 cm³/mol. The maximum Gasteiger partial charge on any atom is 0.257 e. The molecule has 0 radical (unpaired) electrons. The Labute approximate surface area is 334 Å². The lowest BCUT2D eigenvalue weighted by molar-refractivity contribution is 0.0759. The first-order valence-electron chi connectivity index (χ1n) is 19.2. The van der Waals surface area contributed by atoms with Crippen LogP contribution in [0.25, 0.3) is 0 Å². The number of nitrogens with zero attached hydrogens (tertiary/aromatic N) is 6. The van der Waals surface area contributed by atoms with Gasteiger partial charge in [0.2, 0.25) is 0 Å². The fourth-order valence-corrected chi connectivity index (χ4v) is 9.45. The number of morpholine rings is 2. The Morgan fingerprint density at radius 2 is 0.963 bits per heavy atom.